The van der Waals surface area contributed by atoms with Crippen molar-refractivity contribution in [3.63, 3.8) is 0 Å². The zero-order chi connectivity index (χ0) is 21.8. The molecule has 4 rings (SSSR count). The van der Waals surface area contributed by atoms with Gasteiger partial charge in [0.1, 0.15) is 5.69 Å². The topological polar surface area (TPSA) is 121 Å². The van der Waals surface area contributed by atoms with E-state index in [1.807, 2.05) is 4.90 Å². The number of nitrogens with one attached hydrogen (secondary N) is 3. The van der Waals surface area contributed by atoms with Gasteiger partial charge in [0.2, 0.25) is 5.91 Å². The van der Waals surface area contributed by atoms with Crippen LogP contribution in [-0.2, 0) is 16.1 Å². The number of hydrogen-bond donors (Lipinski definition) is 3. The molecule has 2 amide bonds. The number of H-pyrrole nitrogens is 1. The second kappa shape index (κ2) is 9.37. The molecule has 0 saturated carbocycles. The number of carbonyl (C=O) groups excluding carboxylic acids is 2. The number of benzene rings is 1. The predicted molar refractivity (Wildman–Crippen MR) is 119 cm³/mol. The Labute approximate surface area is 185 Å². The third-order valence-electron chi connectivity index (χ3n) is 4.77. The lowest BCUT2D eigenvalue weighted by Crippen LogP contribution is -2.42. The molecule has 1 saturated heterocycles. The van der Waals surface area contributed by atoms with Crippen LogP contribution in [0.1, 0.15) is 16.9 Å². The molecule has 3 heterocycles. The van der Waals surface area contributed by atoms with Crippen LogP contribution in [-0.4, -0.2) is 52.7 Å². The van der Waals surface area contributed by atoms with Crippen LogP contribution >= 0.6 is 23.6 Å². The summed E-state index contributed by atoms with van der Waals surface area (Å²) >= 11 is 6.60. The van der Waals surface area contributed by atoms with Crippen molar-refractivity contribution in [1.82, 2.24) is 25.4 Å². The zero-order valence-electron chi connectivity index (χ0n) is 16.4. The van der Waals surface area contributed by atoms with Crippen molar-refractivity contribution in [3.8, 4) is 0 Å². The van der Waals surface area contributed by atoms with E-state index in [1.54, 1.807) is 29.6 Å². The molecular formula is C19H20N6O4S2. The number of aromatic nitrogens is 3. The third kappa shape index (κ3) is 4.81. The molecule has 0 bridgehead atoms. The predicted octanol–water partition coefficient (Wildman–Crippen LogP) is 1.20. The minimum atomic E-state index is -0.510. The van der Waals surface area contributed by atoms with Crippen LogP contribution in [0, 0.1) is 4.77 Å². The van der Waals surface area contributed by atoms with Crippen molar-refractivity contribution in [2.75, 3.05) is 31.2 Å². The molecule has 0 radical (unpaired) electrons. The number of fused-ring (bicyclic) bond motifs is 1. The van der Waals surface area contributed by atoms with Gasteiger partial charge in [-0.1, -0.05) is 12.1 Å². The van der Waals surface area contributed by atoms with Crippen LogP contribution < -0.4 is 21.3 Å². The second-order valence-electron chi connectivity index (χ2n) is 6.80. The molecule has 31 heavy (non-hydrogen) atoms. The zero-order valence-corrected chi connectivity index (χ0v) is 18.1. The Bertz CT molecular complexity index is 1230. The largest absolute Gasteiger partial charge is 0.378 e. The van der Waals surface area contributed by atoms with Crippen LogP contribution in [0.2, 0.25) is 0 Å². The molecule has 0 unspecified atom stereocenters. The van der Waals surface area contributed by atoms with Gasteiger partial charge >= 0.3 is 0 Å². The third-order valence-corrected chi connectivity index (χ3v) is 6.00. The number of aromatic amines is 1. The second-order valence-corrected chi connectivity index (χ2v) is 8.02. The standard InChI is InChI=1S/C19H20N6O4S2/c26-15(5-6-25-17(28)12-3-1-2-4-13(12)20-18(25)30)22-23-16(27)14-11-31-19(21-14)24-7-9-29-10-8-24/h1-4,11H,5-10H2,(H,20,30)(H,22,26)(H,23,27). The van der Waals surface area contributed by atoms with E-state index >= 15 is 0 Å². The maximum absolute atomic E-state index is 12.6. The molecule has 162 valence electrons. The first kappa shape index (κ1) is 21.2. The Morgan fingerprint density at radius 2 is 2.00 bits per heavy atom. The van der Waals surface area contributed by atoms with Gasteiger partial charge in [-0.3, -0.25) is 29.8 Å². The van der Waals surface area contributed by atoms with Gasteiger partial charge in [-0.05, 0) is 24.4 Å². The highest BCUT2D eigenvalue weighted by molar-refractivity contribution is 7.71. The van der Waals surface area contributed by atoms with Gasteiger partial charge < -0.3 is 14.6 Å². The summed E-state index contributed by atoms with van der Waals surface area (Å²) in [5, 5.41) is 2.87. The fourth-order valence-corrected chi connectivity index (χ4v) is 4.28. The summed E-state index contributed by atoms with van der Waals surface area (Å²) < 4.78 is 6.87. The molecule has 1 aliphatic heterocycles. The summed E-state index contributed by atoms with van der Waals surface area (Å²) in [5.74, 6) is -0.962. The molecule has 0 aliphatic carbocycles. The van der Waals surface area contributed by atoms with E-state index in [1.165, 1.54) is 15.9 Å². The first-order valence-corrected chi connectivity index (χ1v) is 10.9. The number of hydrazine groups is 1. The van der Waals surface area contributed by atoms with Crippen molar-refractivity contribution in [1.29, 1.82) is 0 Å². The van der Waals surface area contributed by atoms with E-state index in [4.69, 9.17) is 17.0 Å². The number of thiazole rings is 1. The van der Waals surface area contributed by atoms with Crippen LogP contribution in [0.5, 0.6) is 0 Å². The van der Waals surface area contributed by atoms with Gasteiger partial charge in [-0.15, -0.1) is 11.3 Å². The molecule has 3 N–H and O–H groups in total. The fraction of sp³-hybridized carbons (Fsp3) is 0.316. The van der Waals surface area contributed by atoms with Crippen molar-refractivity contribution < 1.29 is 14.3 Å². The number of para-hydroxylation sites is 1. The molecule has 0 atom stereocenters. The molecule has 1 aromatic carbocycles. The summed E-state index contributed by atoms with van der Waals surface area (Å²) in [4.78, 5) is 46.4. The monoisotopic (exact) mass is 460 g/mol. The van der Waals surface area contributed by atoms with Crippen molar-refractivity contribution in [2.45, 2.75) is 13.0 Å². The number of anilines is 1. The maximum Gasteiger partial charge on any atom is 0.289 e. The minimum absolute atomic E-state index is 0.0356. The Kier molecular flexibility index (Phi) is 6.39. The van der Waals surface area contributed by atoms with E-state index in [9.17, 15) is 14.4 Å². The molecule has 12 heteroatoms. The molecular weight excluding hydrogens is 440 g/mol. The van der Waals surface area contributed by atoms with Crippen LogP contribution in [0.3, 0.4) is 0 Å². The Morgan fingerprint density at radius 1 is 1.23 bits per heavy atom. The van der Waals surface area contributed by atoms with E-state index in [0.717, 1.165) is 18.2 Å². The summed E-state index contributed by atoms with van der Waals surface area (Å²) in [5.41, 5.74) is 5.30. The lowest BCUT2D eigenvalue weighted by molar-refractivity contribution is -0.122. The quantitative estimate of drug-likeness (QED) is 0.386. The highest BCUT2D eigenvalue weighted by Crippen LogP contribution is 2.21. The SMILES string of the molecule is O=C(CCn1c(=S)[nH]c2ccccc2c1=O)NNC(=O)c1csc(N2CCOCC2)n1. The lowest BCUT2D eigenvalue weighted by Gasteiger charge is -2.25. The van der Waals surface area contributed by atoms with Gasteiger partial charge in [0.15, 0.2) is 9.90 Å². The highest BCUT2D eigenvalue weighted by Gasteiger charge is 2.18. The minimum Gasteiger partial charge on any atom is -0.378 e. The number of nitrogens with zero attached hydrogens (tertiary/aromatic N) is 3. The number of hydrogen-bond acceptors (Lipinski definition) is 8. The fourth-order valence-electron chi connectivity index (χ4n) is 3.14. The summed E-state index contributed by atoms with van der Waals surface area (Å²) in [6, 6.07) is 7.02. The molecule has 0 spiro atoms. The number of ether oxygens (including phenoxy) is 1. The molecule has 3 aromatic rings. The average Bonchev–Trinajstić information content (AvgIpc) is 3.28. The number of amides is 2. The van der Waals surface area contributed by atoms with Gasteiger partial charge in [-0.2, -0.15) is 0 Å². The number of rotatable bonds is 5. The highest BCUT2D eigenvalue weighted by atomic mass is 32.1. The lowest BCUT2D eigenvalue weighted by atomic mass is 10.2. The average molecular weight is 461 g/mol. The normalized spacial score (nSPS) is 13.9. The van der Waals surface area contributed by atoms with Crippen molar-refractivity contribution in [2.24, 2.45) is 0 Å². The van der Waals surface area contributed by atoms with Gasteiger partial charge in [-0.25, -0.2) is 4.98 Å². The molecule has 10 nitrogen and oxygen atoms in total. The number of carbonyl (C=O) groups is 2. The molecule has 1 aliphatic rings. The summed E-state index contributed by atoms with van der Waals surface area (Å²) in [6.45, 7) is 2.78. The molecule has 1 fully saturated rings. The van der Waals surface area contributed by atoms with E-state index in [0.29, 0.717) is 24.1 Å². The maximum atomic E-state index is 12.6. The van der Waals surface area contributed by atoms with Gasteiger partial charge in [0, 0.05) is 31.4 Å². The Hall–Kier alpha value is -3.09. The van der Waals surface area contributed by atoms with Gasteiger partial charge in [0.25, 0.3) is 11.5 Å². The Morgan fingerprint density at radius 3 is 2.81 bits per heavy atom. The van der Waals surface area contributed by atoms with Crippen molar-refractivity contribution >= 4 is 51.4 Å². The first-order chi connectivity index (χ1) is 15.0. The number of morpholine rings is 1. The van der Waals surface area contributed by atoms with Gasteiger partial charge in [0.05, 0.1) is 24.1 Å². The van der Waals surface area contributed by atoms with Crippen LogP contribution in [0.25, 0.3) is 10.9 Å². The molecule has 2 aromatic heterocycles. The summed E-state index contributed by atoms with van der Waals surface area (Å²) in [6.07, 6.45) is -0.0356. The van der Waals surface area contributed by atoms with Crippen molar-refractivity contribution in [3.05, 3.63) is 50.5 Å². The van der Waals surface area contributed by atoms with Crippen LogP contribution in [0.4, 0.5) is 5.13 Å². The van der Waals surface area contributed by atoms with E-state index < -0.39 is 11.8 Å². The van der Waals surface area contributed by atoms with E-state index in [2.05, 4.69) is 20.8 Å². The first-order valence-electron chi connectivity index (χ1n) is 9.62. The van der Waals surface area contributed by atoms with Crippen LogP contribution in [0.15, 0.2) is 34.4 Å². The summed E-state index contributed by atoms with van der Waals surface area (Å²) in [7, 11) is 0. The Balaban J connectivity index is 1.32. The van der Waals surface area contributed by atoms with E-state index in [-0.39, 0.29) is 29.0 Å². The smallest absolute Gasteiger partial charge is 0.289 e.